The largest absolute Gasteiger partial charge is 0.494 e. The summed E-state index contributed by atoms with van der Waals surface area (Å²) in [6, 6.07) is 9.79. The van der Waals surface area contributed by atoms with Crippen molar-refractivity contribution in [3.8, 4) is 22.6 Å². The first-order chi connectivity index (χ1) is 21.7. The van der Waals surface area contributed by atoms with Gasteiger partial charge in [-0.15, -0.1) is 11.3 Å². The molecule has 4 aromatic rings. The van der Waals surface area contributed by atoms with E-state index >= 15 is 0 Å². The van der Waals surface area contributed by atoms with Gasteiger partial charge in [-0.25, -0.2) is 9.37 Å². The molecule has 5 heterocycles. The zero-order valence-electron chi connectivity index (χ0n) is 24.9. The molecule has 3 aliphatic rings. The number of rotatable bonds is 7. The molecule has 0 saturated heterocycles. The van der Waals surface area contributed by atoms with Crippen LogP contribution in [0.2, 0.25) is 0 Å². The van der Waals surface area contributed by atoms with E-state index in [1.807, 2.05) is 41.3 Å². The van der Waals surface area contributed by atoms with Crippen LogP contribution < -0.4 is 5.32 Å². The molecule has 2 N–H and O–H groups in total. The van der Waals surface area contributed by atoms with Gasteiger partial charge in [0.05, 0.1) is 48.1 Å². The molecule has 9 nitrogen and oxygen atoms in total. The van der Waals surface area contributed by atoms with Gasteiger partial charge in [-0.1, -0.05) is 18.7 Å². The predicted octanol–water partition coefficient (Wildman–Crippen LogP) is 5.32. The lowest BCUT2D eigenvalue weighted by molar-refractivity contribution is -0.129. The SMILES string of the molecule is C=CC(=O)N1CCn2nc(-c3nc(-c4ccc5c(c4)CNC(=O)C5)c4ccsc4c3C3C=C(F)C=C3OCC(C)O)cc2C1C. The van der Waals surface area contributed by atoms with Crippen LogP contribution >= 0.6 is 11.3 Å². The fourth-order valence-corrected chi connectivity index (χ4v) is 7.40. The van der Waals surface area contributed by atoms with Crippen molar-refractivity contribution in [2.75, 3.05) is 13.2 Å². The van der Waals surface area contributed by atoms with Crippen molar-refractivity contribution in [3.05, 3.63) is 94.5 Å². The molecule has 230 valence electrons. The number of nitrogens with zero attached hydrogens (tertiary/aromatic N) is 4. The van der Waals surface area contributed by atoms with Crippen LogP contribution in [-0.2, 0) is 33.8 Å². The molecule has 1 aliphatic carbocycles. The molecule has 11 heteroatoms. The van der Waals surface area contributed by atoms with Crippen molar-refractivity contribution in [2.24, 2.45) is 0 Å². The summed E-state index contributed by atoms with van der Waals surface area (Å²) in [5.41, 5.74) is 6.51. The van der Waals surface area contributed by atoms with Gasteiger partial charge in [0.1, 0.15) is 23.9 Å². The topological polar surface area (TPSA) is 110 Å². The zero-order chi connectivity index (χ0) is 31.4. The molecule has 3 atom stereocenters. The fraction of sp³-hybridized carbons (Fsp3) is 0.294. The maximum absolute atomic E-state index is 14.9. The van der Waals surface area contributed by atoms with Crippen LogP contribution in [0.5, 0.6) is 0 Å². The van der Waals surface area contributed by atoms with Gasteiger partial charge in [-0.3, -0.25) is 14.3 Å². The van der Waals surface area contributed by atoms with Crippen LogP contribution in [0.15, 0.2) is 72.1 Å². The quantitative estimate of drug-likeness (QED) is 0.269. The molecule has 0 saturated carbocycles. The van der Waals surface area contributed by atoms with Crippen LogP contribution in [0.3, 0.4) is 0 Å². The van der Waals surface area contributed by atoms with E-state index < -0.39 is 17.8 Å². The number of carbonyl (C=O) groups is 2. The summed E-state index contributed by atoms with van der Waals surface area (Å²) < 4.78 is 23.7. The summed E-state index contributed by atoms with van der Waals surface area (Å²) in [5, 5.41) is 20.7. The number of thiophene rings is 1. The number of fused-ring (bicyclic) bond motifs is 3. The number of allylic oxidation sites excluding steroid dienone is 3. The number of amides is 2. The van der Waals surface area contributed by atoms with Crippen LogP contribution in [-0.4, -0.2) is 55.8 Å². The van der Waals surface area contributed by atoms with E-state index in [-0.39, 0.29) is 24.5 Å². The number of carbonyl (C=O) groups excluding carboxylic acids is 2. The Bertz CT molecular complexity index is 1940. The third-order valence-electron chi connectivity index (χ3n) is 8.62. The number of hydrogen-bond acceptors (Lipinski definition) is 7. The summed E-state index contributed by atoms with van der Waals surface area (Å²) in [4.78, 5) is 31.6. The molecule has 0 bridgehead atoms. The Kier molecular flexibility index (Phi) is 7.37. The fourth-order valence-electron chi connectivity index (χ4n) is 6.41. The number of hydrogen-bond donors (Lipinski definition) is 2. The highest BCUT2D eigenvalue weighted by Gasteiger charge is 2.34. The molecule has 3 aromatic heterocycles. The third-order valence-corrected chi connectivity index (χ3v) is 9.57. The second kappa shape index (κ2) is 11.4. The Hall–Kier alpha value is -4.61. The van der Waals surface area contributed by atoms with E-state index in [4.69, 9.17) is 14.8 Å². The molecule has 45 heavy (non-hydrogen) atoms. The summed E-state index contributed by atoms with van der Waals surface area (Å²) >= 11 is 1.54. The molecule has 0 fully saturated rings. The third kappa shape index (κ3) is 5.15. The van der Waals surface area contributed by atoms with Crippen LogP contribution in [0.1, 0.15) is 48.2 Å². The highest BCUT2D eigenvalue weighted by molar-refractivity contribution is 7.17. The summed E-state index contributed by atoms with van der Waals surface area (Å²) in [5.74, 6) is -0.755. The monoisotopic (exact) mass is 625 g/mol. The minimum absolute atomic E-state index is 0.00472. The highest BCUT2D eigenvalue weighted by Crippen LogP contribution is 2.46. The van der Waals surface area contributed by atoms with Crippen LogP contribution in [0.25, 0.3) is 32.7 Å². The summed E-state index contributed by atoms with van der Waals surface area (Å²) in [7, 11) is 0. The summed E-state index contributed by atoms with van der Waals surface area (Å²) in [6.45, 7) is 8.72. The standard InChI is InChI=1S/C34H32FN5O4S/c1-4-30(43)39-8-9-40-27(19(39)3)15-26(38-40)33-31(25-13-23(35)14-28(25)44-17-18(2)41)34-24(7-10-45-34)32(37-33)21-6-5-20-12-29(42)36-16-22(20)11-21/h4-7,10-11,13-15,18-19,25,41H,1,8-9,12,16-17H2,2-3H3,(H,36,42). The number of aliphatic hydroxyl groups excluding tert-OH is 1. The van der Waals surface area contributed by atoms with E-state index in [1.54, 1.807) is 11.8 Å². The Morgan fingerprint density at radius 2 is 2.11 bits per heavy atom. The maximum Gasteiger partial charge on any atom is 0.246 e. The van der Waals surface area contributed by atoms with Crippen molar-refractivity contribution < 1.29 is 23.8 Å². The van der Waals surface area contributed by atoms with Crippen molar-refractivity contribution >= 4 is 33.2 Å². The number of benzene rings is 1. The molecular formula is C34H32FN5O4S. The molecular weight excluding hydrogens is 593 g/mol. The Morgan fingerprint density at radius 1 is 1.27 bits per heavy atom. The van der Waals surface area contributed by atoms with Gasteiger partial charge in [-0.05, 0) is 60.7 Å². The number of aromatic nitrogens is 3. The first kappa shape index (κ1) is 29.1. The van der Waals surface area contributed by atoms with Crippen molar-refractivity contribution in [2.45, 2.75) is 51.4 Å². The molecule has 2 amide bonds. The van der Waals surface area contributed by atoms with Gasteiger partial charge >= 0.3 is 0 Å². The summed E-state index contributed by atoms with van der Waals surface area (Å²) in [6.07, 6.45) is 3.81. The van der Waals surface area contributed by atoms with Gasteiger partial charge in [0.25, 0.3) is 0 Å². The van der Waals surface area contributed by atoms with Gasteiger partial charge in [0, 0.05) is 40.4 Å². The first-order valence-corrected chi connectivity index (χ1v) is 15.8. The smallest absolute Gasteiger partial charge is 0.246 e. The predicted molar refractivity (Wildman–Crippen MR) is 170 cm³/mol. The lowest BCUT2D eigenvalue weighted by atomic mass is 9.92. The normalized spacial score (nSPS) is 19.8. The van der Waals surface area contributed by atoms with E-state index in [2.05, 4.69) is 18.0 Å². The maximum atomic E-state index is 14.9. The molecule has 0 spiro atoms. The number of halogens is 1. The Balaban J connectivity index is 1.42. The van der Waals surface area contributed by atoms with Crippen molar-refractivity contribution in [1.29, 1.82) is 0 Å². The Labute approximate surface area is 263 Å². The lowest BCUT2D eigenvalue weighted by Crippen LogP contribution is -2.40. The number of pyridine rings is 1. The van der Waals surface area contributed by atoms with E-state index in [9.17, 15) is 19.1 Å². The van der Waals surface area contributed by atoms with Gasteiger partial charge in [0.2, 0.25) is 11.8 Å². The zero-order valence-corrected chi connectivity index (χ0v) is 25.7. The van der Waals surface area contributed by atoms with E-state index in [0.29, 0.717) is 43.2 Å². The van der Waals surface area contributed by atoms with Crippen LogP contribution in [0.4, 0.5) is 4.39 Å². The molecule has 7 rings (SSSR count). The molecule has 0 radical (unpaired) electrons. The van der Waals surface area contributed by atoms with E-state index in [0.717, 1.165) is 43.7 Å². The van der Waals surface area contributed by atoms with Gasteiger partial charge < -0.3 is 20.1 Å². The van der Waals surface area contributed by atoms with Crippen molar-refractivity contribution in [3.63, 3.8) is 0 Å². The highest BCUT2D eigenvalue weighted by atomic mass is 32.1. The average Bonchev–Trinajstić information content (AvgIpc) is 3.77. The van der Waals surface area contributed by atoms with Gasteiger partial charge in [-0.2, -0.15) is 5.10 Å². The lowest BCUT2D eigenvalue weighted by Gasteiger charge is -2.33. The number of ether oxygens (including phenoxy) is 1. The first-order valence-electron chi connectivity index (χ1n) is 14.9. The molecule has 3 unspecified atom stereocenters. The number of aliphatic hydroxyl groups is 1. The Morgan fingerprint density at radius 3 is 2.91 bits per heavy atom. The van der Waals surface area contributed by atoms with Crippen LogP contribution in [0, 0.1) is 0 Å². The van der Waals surface area contributed by atoms with Gasteiger partial charge in [0.15, 0.2) is 0 Å². The average molecular weight is 626 g/mol. The molecule has 1 aromatic carbocycles. The second-order valence-corrected chi connectivity index (χ2v) is 12.6. The number of nitrogens with one attached hydrogen (secondary N) is 1. The minimum Gasteiger partial charge on any atom is -0.494 e. The minimum atomic E-state index is -0.728. The van der Waals surface area contributed by atoms with Crippen molar-refractivity contribution in [1.82, 2.24) is 25.0 Å². The molecule has 2 aliphatic heterocycles. The second-order valence-electron chi connectivity index (χ2n) is 11.6. The van der Waals surface area contributed by atoms with E-state index in [1.165, 1.54) is 29.6 Å².